The molecule has 3 rings (SSSR count). The molecule has 0 spiro atoms. The molecule has 1 aromatic heterocycles. The molecule has 1 heterocycles. The highest BCUT2D eigenvalue weighted by atomic mass is 32.2. The normalized spacial score (nSPS) is 10.8. The first kappa shape index (κ1) is 16.4. The zero-order valence-corrected chi connectivity index (χ0v) is 13.9. The van der Waals surface area contributed by atoms with Crippen LogP contribution in [0.25, 0.3) is 11.0 Å². The number of rotatable bonds is 5. The van der Waals surface area contributed by atoms with Gasteiger partial charge in [0.1, 0.15) is 10.8 Å². The third-order valence-corrected chi connectivity index (χ3v) is 4.51. The Morgan fingerprint density at radius 2 is 1.75 bits per heavy atom. The zero-order valence-electron chi connectivity index (χ0n) is 13.1. The first-order valence-corrected chi connectivity index (χ1v) is 8.48. The Labute approximate surface area is 143 Å². The Balaban J connectivity index is 1.58. The lowest BCUT2D eigenvalue weighted by Crippen LogP contribution is -2.24. The van der Waals surface area contributed by atoms with E-state index in [-0.39, 0.29) is 17.5 Å². The second-order valence-electron chi connectivity index (χ2n) is 5.29. The minimum absolute atomic E-state index is 0.0984. The fourth-order valence-electron chi connectivity index (χ4n) is 2.20. The lowest BCUT2D eigenvalue weighted by molar-refractivity contribution is -0.118. The van der Waals surface area contributed by atoms with Crippen molar-refractivity contribution in [2.24, 2.45) is 0 Å². The summed E-state index contributed by atoms with van der Waals surface area (Å²) >= 11 is 1.36. The van der Waals surface area contributed by atoms with E-state index in [0.29, 0.717) is 6.54 Å². The summed E-state index contributed by atoms with van der Waals surface area (Å²) < 4.78 is 12.8. The highest BCUT2D eigenvalue weighted by molar-refractivity contribution is 7.99. The minimum Gasteiger partial charge on any atom is -0.351 e. The van der Waals surface area contributed by atoms with E-state index in [0.717, 1.165) is 27.3 Å². The fourth-order valence-corrected chi connectivity index (χ4v) is 2.98. The van der Waals surface area contributed by atoms with Crippen molar-refractivity contribution in [2.75, 3.05) is 5.75 Å². The van der Waals surface area contributed by atoms with Crippen molar-refractivity contribution in [1.29, 1.82) is 0 Å². The van der Waals surface area contributed by atoms with E-state index in [1.807, 2.05) is 31.2 Å². The summed E-state index contributed by atoms with van der Waals surface area (Å²) in [5, 5.41) is 3.57. The van der Waals surface area contributed by atoms with Gasteiger partial charge in [-0.2, -0.15) is 0 Å². The lowest BCUT2D eigenvalue weighted by atomic mass is 10.2. The van der Waals surface area contributed by atoms with Crippen LogP contribution >= 0.6 is 11.8 Å². The summed E-state index contributed by atoms with van der Waals surface area (Å²) in [5.41, 5.74) is 3.33. The number of nitrogens with zero attached hydrogens (tertiary/aromatic N) is 2. The second kappa shape index (κ2) is 7.40. The molecular weight excluding hydrogens is 325 g/mol. The van der Waals surface area contributed by atoms with E-state index in [4.69, 9.17) is 0 Å². The molecule has 0 saturated carbocycles. The van der Waals surface area contributed by atoms with Gasteiger partial charge in [0.25, 0.3) is 0 Å². The first-order valence-electron chi connectivity index (χ1n) is 7.49. The van der Waals surface area contributed by atoms with Gasteiger partial charge in [0.05, 0.1) is 22.5 Å². The van der Waals surface area contributed by atoms with Gasteiger partial charge < -0.3 is 5.32 Å². The Morgan fingerprint density at radius 3 is 2.46 bits per heavy atom. The van der Waals surface area contributed by atoms with Crippen molar-refractivity contribution < 1.29 is 9.18 Å². The monoisotopic (exact) mass is 341 g/mol. The molecule has 6 heteroatoms. The van der Waals surface area contributed by atoms with Crippen LogP contribution in [0.3, 0.4) is 0 Å². The van der Waals surface area contributed by atoms with E-state index in [2.05, 4.69) is 15.3 Å². The van der Waals surface area contributed by atoms with Gasteiger partial charge in [-0.1, -0.05) is 36.0 Å². The van der Waals surface area contributed by atoms with E-state index in [1.165, 1.54) is 23.9 Å². The number of hydrogen-bond donors (Lipinski definition) is 1. The molecule has 0 aliphatic carbocycles. The number of aromatic nitrogens is 2. The van der Waals surface area contributed by atoms with Crippen molar-refractivity contribution in [1.82, 2.24) is 15.3 Å². The average Bonchev–Trinajstić information content (AvgIpc) is 2.59. The predicted molar refractivity (Wildman–Crippen MR) is 93.2 cm³/mol. The van der Waals surface area contributed by atoms with Crippen molar-refractivity contribution in [3.8, 4) is 0 Å². The molecule has 0 unspecified atom stereocenters. The number of thioether (sulfide) groups is 1. The van der Waals surface area contributed by atoms with Crippen LogP contribution in [0.2, 0.25) is 0 Å². The summed E-state index contributed by atoms with van der Waals surface area (Å²) in [6.07, 6.45) is 0. The number of carbonyl (C=O) groups excluding carboxylic acids is 1. The number of fused-ring (bicyclic) bond motifs is 1. The lowest BCUT2D eigenvalue weighted by Gasteiger charge is -2.07. The molecule has 1 N–H and O–H groups in total. The molecule has 0 atom stereocenters. The van der Waals surface area contributed by atoms with Crippen molar-refractivity contribution in [3.05, 3.63) is 65.6 Å². The molecule has 0 aliphatic heterocycles. The van der Waals surface area contributed by atoms with Gasteiger partial charge in [-0.25, -0.2) is 14.4 Å². The van der Waals surface area contributed by atoms with E-state index in [1.54, 1.807) is 12.1 Å². The number of para-hydroxylation sites is 2. The summed E-state index contributed by atoms with van der Waals surface area (Å²) in [6.45, 7) is 2.26. The topological polar surface area (TPSA) is 54.9 Å². The number of carbonyl (C=O) groups is 1. The van der Waals surface area contributed by atoms with Crippen LogP contribution in [0.1, 0.15) is 11.3 Å². The van der Waals surface area contributed by atoms with Crippen LogP contribution < -0.4 is 5.32 Å². The van der Waals surface area contributed by atoms with Gasteiger partial charge in [-0.15, -0.1) is 0 Å². The third kappa shape index (κ3) is 4.08. The maximum atomic E-state index is 12.8. The summed E-state index contributed by atoms with van der Waals surface area (Å²) in [5.74, 6) is -0.126. The highest BCUT2D eigenvalue weighted by Gasteiger charge is 2.09. The highest BCUT2D eigenvalue weighted by Crippen LogP contribution is 2.21. The van der Waals surface area contributed by atoms with Crippen molar-refractivity contribution in [2.45, 2.75) is 18.5 Å². The molecule has 2 aromatic carbocycles. The average molecular weight is 341 g/mol. The number of aryl methyl sites for hydroxylation is 1. The van der Waals surface area contributed by atoms with Gasteiger partial charge in [0.2, 0.25) is 5.91 Å². The molecule has 3 aromatic rings. The molecule has 122 valence electrons. The summed E-state index contributed by atoms with van der Waals surface area (Å²) in [7, 11) is 0. The number of halogens is 1. The van der Waals surface area contributed by atoms with Gasteiger partial charge in [0, 0.05) is 6.54 Å². The first-order chi connectivity index (χ1) is 11.6. The van der Waals surface area contributed by atoms with Gasteiger partial charge in [-0.3, -0.25) is 4.79 Å². The zero-order chi connectivity index (χ0) is 16.9. The maximum absolute atomic E-state index is 12.8. The molecule has 0 radical (unpaired) electrons. The van der Waals surface area contributed by atoms with Crippen LogP contribution in [0.5, 0.6) is 0 Å². The third-order valence-electron chi connectivity index (χ3n) is 3.44. The van der Waals surface area contributed by atoms with E-state index < -0.39 is 0 Å². The van der Waals surface area contributed by atoms with Crippen LogP contribution in [0.15, 0.2) is 53.6 Å². The van der Waals surface area contributed by atoms with Gasteiger partial charge in [0.15, 0.2) is 0 Å². The number of hydrogen-bond acceptors (Lipinski definition) is 4. The Bertz CT molecular complexity index is 868. The summed E-state index contributed by atoms with van der Waals surface area (Å²) in [4.78, 5) is 21.0. The number of benzene rings is 2. The molecule has 0 saturated heterocycles. The molecule has 24 heavy (non-hydrogen) atoms. The second-order valence-corrected chi connectivity index (χ2v) is 6.26. The van der Waals surface area contributed by atoms with Gasteiger partial charge in [-0.05, 0) is 36.8 Å². The van der Waals surface area contributed by atoms with Crippen LogP contribution in [-0.2, 0) is 11.3 Å². The molecule has 1 amide bonds. The largest absolute Gasteiger partial charge is 0.351 e. The molecule has 0 aliphatic rings. The smallest absolute Gasteiger partial charge is 0.230 e. The molecule has 0 bridgehead atoms. The number of amides is 1. The van der Waals surface area contributed by atoms with Crippen molar-refractivity contribution in [3.63, 3.8) is 0 Å². The van der Waals surface area contributed by atoms with E-state index in [9.17, 15) is 9.18 Å². The maximum Gasteiger partial charge on any atom is 0.230 e. The standard InChI is InChI=1S/C18H16FN3OS/c1-12-18(22-16-5-3-2-4-15(16)21-12)24-11-17(23)20-10-13-6-8-14(19)9-7-13/h2-9H,10-11H2,1H3,(H,20,23). The van der Waals surface area contributed by atoms with E-state index >= 15 is 0 Å². The Morgan fingerprint density at radius 1 is 1.08 bits per heavy atom. The van der Waals surface area contributed by atoms with Crippen LogP contribution in [-0.4, -0.2) is 21.6 Å². The van der Waals surface area contributed by atoms with Gasteiger partial charge >= 0.3 is 0 Å². The molecule has 4 nitrogen and oxygen atoms in total. The Kier molecular flexibility index (Phi) is 5.05. The van der Waals surface area contributed by atoms with Crippen LogP contribution in [0.4, 0.5) is 4.39 Å². The minimum atomic E-state index is -0.286. The fraction of sp³-hybridized carbons (Fsp3) is 0.167. The number of nitrogens with one attached hydrogen (secondary N) is 1. The SMILES string of the molecule is Cc1nc2ccccc2nc1SCC(=O)NCc1ccc(F)cc1. The Hall–Kier alpha value is -2.47. The predicted octanol–water partition coefficient (Wildman–Crippen LogP) is 3.49. The van der Waals surface area contributed by atoms with Crippen LogP contribution in [0, 0.1) is 12.7 Å². The quantitative estimate of drug-likeness (QED) is 0.722. The van der Waals surface area contributed by atoms with Crippen molar-refractivity contribution >= 4 is 28.7 Å². The molecule has 0 fully saturated rings. The summed E-state index contributed by atoms with van der Waals surface area (Å²) in [6, 6.07) is 13.7. The molecular formula is C18H16FN3OS.